The molecule has 2 aromatic carbocycles. The topological polar surface area (TPSA) is 53.0 Å². The van der Waals surface area contributed by atoms with E-state index in [2.05, 4.69) is 0 Å². The molecule has 0 saturated carbocycles. The van der Waals surface area contributed by atoms with E-state index in [-0.39, 0.29) is 0 Å². The second-order valence-corrected chi connectivity index (χ2v) is 4.93. The second-order valence-electron chi connectivity index (χ2n) is 4.93. The molecular weight excluding hydrogens is 280 g/mol. The van der Waals surface area contributed by atoms with Gasteiger partial charge in [0.25, 0.3) is 0 Å². The van der Waals surface area contributed by atoms with Crippen molar-refractivity contribution in [3.63, 3.8) is 0 Å². The van der Waals surface area contributed by atoms with Gasteiger partial charge in [-0.15, -0.1) is 0 Å². The lowest BCUT2D eigenvalue weighted by molar-refractivity contribution is 0.166. The summed E-state index contributed by atoms with van der Waals surface area (Å²) in [5.41, 5.74) is 2.04. The van der Waals surface area contributed by atoms with Crippen LogP contribution in [-0.2, 0) is 6.61 Å². The lowest BCUT2D eigenvalue weighted by Crippen LogP contribution is -2.28. The average Bonchev–Trinajstić information content (AvgIpc) is 3.05. The van der Waals surface area contributed by atoms with E-state index in [0.717, 1.165) is 17.0 Å². The molecule has 1 heterocycles. The summed E-state index contributed by atoms with van der Waals surface area (Å²) in [6.45, 7) is 0.830. The number of amides is 1. The highest BCUT2D eigenvalue weighted by atomic mass is 16.5. The van der Waals surface area contributed by atoms with Crippen molar-refractivity contribution >= 4 is 11.8 Å². The highest BCUT2D eigenvalue weighted by molar-refractivity contribution is 5.68. The molecule has 1 amide bonds. The van der Waals surface area contributed by atoms with Crippen molar-refractivity contribution in [2.45, 2.75) is 6.61 Å². The zero-order valence-corrected chi connectivity index (χ0v) is 11.9. The van der Waals surface area contributed by atoms with Gasteiger partial charge in [0.15, 0.2) is 0 Å². The standard InChI is InChI=1S/C17H16N2O3/c20-17(21)19-11-10-18(13-19)15-6-8-16(9-7-15)22-12-14-4-2-1-3-5-14/h1-11H,12-13H2,(H,20,21). The van der Waals surface area contributed by atoms with Gasteiger partial charge in [-0.2, -0.15) is 0 Å². The molecular formula is C17H16N2O3. The van der Waals surface area contributed by atoms with Crippen molar-refractivity contribution in [3.8, 4) is 5.75 Å². The number of nitrogens with zero attached hydrogens (tertiary/aromatic N) is 2. The van der Waals surface area contributed by atoms with Crippen molar-refractivity contribution in [1.82, 2.24) is 4.90 Å². The quantitative estimate of drug-likeness (QED) is 0.938. The Morgan fingerprint density at radius 3 is 2.41 bits per heavy atom. The Hall–Kier alpha value is -2.95. The fourth-order valence-electron chi connectivity index (χ4n) is 2.19. The highest BCUT2D eigenvalue weighted by Gasteiger charge is 2.18. The SMILES string of the molecule is O=C(O)N1C=CN(c2ccc(OCc3ccccc3)cc2)C1. The van der Waals surface area contributed by atoms with Gasteiger partial charge in [-0.25, -0.2) is 4.79 Å². The van der Waals surface area contributed by atoms with Crippen molar-refractivity contribution < 1.29 is 14.6 Å². The van der Waals surface area contributed by atoms with Crippen LogP contribution in [0.2, 0.25) is 0 Å². The minimum atomic E-state index is -0.957. The van der Waals surface area contributed by atoms with Crippen LogP contribution in [0, 0.1) is 0 Å². The first-order valence-corrected chi connectivity index (χ1v) is 6.94. The molecule has 0 fully saturated rings. The van der Waals surface area contributed by atoms with Crippen LogP contribution < -0.4 is 9.64 Å². The number of ether oxygens (including phenoxy) is 1. The minimum absolute atomic E-state index is 0.305. The number of carboxylic acid groups (broad SMARTS) is 1. The molecule has 0 aromatic heterocycles. The van der Waals surface area contributed by atoms with Gasteiger partial charge in [0.05, 0.1) is 0 Å². The average molecular weight is 296 g/mol. The molecule has 0 aliphatic carbocycles. The molecule has 1 N–H and O–H groups in total. The van der Waals surface area contributed by atoms with E-state index < -0.39 is 6.09 Å². The Morgan fingerprint density at radius 1 is 1.05 bits per heavy atom. The first-order chi connectivity index (χ1) is 10.7. The van der Waals surface area contributed by atoms with Crippen molar-refractivity contribution in [1.29, 1.82) is 0 Å². The van der Waals surface area contributed by atoms with E-state index in [1.165, 1.54) is 4.90 Å². The summed E-state index contributed by atoms with van der Waals surface area (Å²) in [6, 6.07) is 17.6. The Bertz CT molecular complexity index is 668. The van der Waals surface area contributed by atoms with Gasteiger partial charge in [-0.3, -0.25) is 4.90 Å². The molecule has 2 aromatic rings. The highest BCUT2D eigenvalue weighted by Crippen LogP contribution is 2.23. The number of benzene rings is 2. The van der Waals surface area contributed by atoms with E-state index in [1.807, 2.05) is 59.5 Å². The van der Waals surface area contributed by atoms with Crippen LogP contribution in [0.1, 0.15) is 5.56 Å². The van der Waals surface area contributed by atoms with Crippen LogP contribution in [0.4, 0.5) is 10.5 Å². The molecule has 3 rings (SSSR count). The van der Waals surface area contributed by atoms with Gasteiger partial charge in [-0.05, 0) is 29.8 Å². The summed E-state index contributed by atoms with van der Waals surface area (Å²) < 4.78 is 5.73. The molecule has 0 spiro atoms. The maximum Gasteiger partial charge on any atom is 0.412 e. The molecule has 0 saturated heterocycles. The largest absolute Gasteiger partial charge is 0.489 e. The number of carbonyl (C=O) groups is 1. The lowest BCUT2D eigenvalue weighted by Gasteiger charge is -2.18. The zero-order chi connectivity index (χ0) is 15.4. The van der Waals surface area contributed by atoms with Crippen molar-refractivity contribution in [2.75, 3.05) is 11.6 Å². The predicted octanol–water partition coefficient (Wildman–Crippen LogP) is 3.49. The molecule has 0 atom stereocenters. The smallest absolute Gasteiger partial charge is 0.412 e. The van der Waals surface area contributed by atoms with E-state index in [0.29, 0.717) is 13.3 Å². The number of hydrogen-bond donors (Lipinski definition) is 1. The van der Waals surface area contributed by atoms with E-state index in [1.54, 1.807) is 12.4 Å². The second kappa shape index (κ2) is 6.22. The summed E-state index contributed by atoms with van der Waals surface area (Å²) in [4.78, 5) is 14.0. The van der Waals surface area contributed by atoms with Crippen molar-refractivity contribution in [3.05, 3.63) is 72.6 Å². The fourth-order valence-corrected chi connectivity index (χ4v) is 2.19. The van der Waals surface area contributed by atoms with Crippen LogP contribution in [0.3, 0.4) is 0 Å². The van der Waals surface area contributed by atoms with E-state index >= 15 is 0 Å². The molecule has 1 aliphatic heterocycles. The third-order valence-corrected chi connectivity index (χ3v) is 3.39. The van der Waals surface area contributed by atoms with Crippen LogP contribution in [0.25, 0.3) is 0 Å². The molecule has 1 aliphatic rings. The zero-order valence-electron chi connectivity index (χ0n) is 11.9. The summed E-state index contributed by atoms with van der Waals surface area (Å²) in [6.07, 6.45) is 2.33. The maximum atomic E-state index is 10.9. The van der Waals surface area contributed by atoms with Gasteiger partial charge < -0.3 is 14.7 Å². The normalized spacial score (nSPS) is 13.5. The molecule has 0 unspecified atom stereocenters. The van der Waals surface area contributed by atoms with Gasteiger partial charge in [0.2, 0.25) is 0 Å². The lowest BCUT2D eigenvalue weighted by atomic mass is 10.2. The van der Waals surface area contributed by atoms with E-state index in [4.69, 9.17) is 9.84 Å². The summed E-state index contributed by atoms with van der Waals surface area (Å²) >= 11 is 0. The Morgan fingerprint density at radius 2 is 1.77 bits per heavy atom. The summed E-state index contributed by atoms with van der Waals surface area (Å²) in [5.74, 6) is 0.783. The minimum Gasteiger partial charge on any atom is -0.489 e. The van der Waals surface area contributed by atoms with Gasteiger partial charge in [-0.1, -0.05) is 30.3 Å². The monoisotopic (exact) mass is 296 g/mol. The van der Waals surface area contributed by atoms with Crippen LogP contribution in [0.5, 0.6) is 5.75 Å². The number of hydrogen-bond acceptors (Lipinski definition) is 3. The van der Waals surface area contributed by atoms with Gasteiger partial charge in [0.1, 0.15) is 19.0 Å². The molecule has 22 heavy (non-hydrogen) atoms. The third kappa shape index (κ3) is 3.20. The third-order valence-electron chi connectivity index (χ3n) is 3.39. The van der Waals surface area contributed by atoms with Crippen molar-refractivity contribution in [2.24, 2.45) is 0 Å². The number of anilines is 1. The van der Waals surface area contributed by atoms with E-state index in [9.17, 15) is 4.79 Å². The molecule has 0 bridgehead atoms. The van der Waals surface area contributed by atoms with Crippen LogP contribution in [0.15, 0.2) is 67.0 Å². The van der Waals surface area contributed by atoms with Crippen LogP contribution >= 0.6 is 0 Å². The van der Waals surface area contributed by atoms with Crippen LogP contribution in [-0.4, -0.2) is 22.8 Å². The van der Waals surface area contributed by atoms with Gasteiger partial charge in [0, 0.05) is 18.1 Å². The Kier molecular flexibility index (Phi) is 3.96. The molecule has 0 radical (unpaired) electrons. The molecule has 5 heteroatoms. The van der Waals surface area contributed by atoms with Gasteiger partial charge >= 0.3 is 6.09 Å². The fraction of sp³-hybridized carbons (Fsp3) is 0.118. The first-order valence-electron chi connectivity index (χ1n) is 6.94. The number of rotatable bonds is 4. The molecule has 112 valence electrons. The summed E-state index contributed by atoms with van der Waals surface area (Å²) in [7, 11) is 0. The Balaban J connectivity index is 1.59. The predicted molar refractivity (Wildman–Crippen MR) is 83.6 cm³/mol. The first kappa shape index (κ1) is 14.0. The summed E-state index contributed by atoms with van der Waals surface area (Å²) in [5, 5.41) is 8.93. The Labute approximate surface area is 128 Å². The molecule has 5 nitrogen and oxygen atoms in total. The maximum absolute atomic E-state index is 10.9.